The van der Waals surface area contributed by atoms with E-state index in [-0.39, 0.29) is 24.9 Å². The van der Waals surface area contributed by atoms with Crippen LogP contribution in [0.15, 0.2) is 36.7 Å². The van der Waals surface area contributed by atoms with Gasteiger partial charge in [0.1, 0.15) is 30.4 Å². The van der Waals surface area contributed by atoms with E-state index in [4.69, 9.17) is 4.74 Å². The molecule has 0 saturated heterocycles. The van der Waals surface area contributed by atoms with E-state index in [1.165, 1.54) is 28.2 Å². The second-order valence-corrected chi connectivity index (χ2v) is 6.21. The highest BCUT2D eigenvalue weighted by Crippen LogP contribution is 2.16. The molecule has 0 aliphatic carbocycles. The number of rotatable bonds is 6. The summed E-state index contributed by atoms with van der Waals surface area (Å²) in [6, 6.07) is 5.84. The Bertz CT molecular complexity index is 848. The molecule has 0 unspecified atom stereocenters. The Hall–Kier alpha value is -2.81. The lowest BCUT2D eigenvalue weighted by molar-refractivity contribution is -0.116. The number of carbonyl (C=O) groups is 1. The second-order valence-electron chi connectivity index (χ2n) is 4.98. The van der Waals surface area contributed by atoms with Crippen molar-refractivity contribution in [2.45, 2.75) is 20.1 Å². The lowest BCUT2D eigenvalue weighted by Gasteiger charge is -2.03. The van der Waals surface area contributed by atoms with Gasteiger partial charge in [0.15, 0.2) is 5.13 Å². The van der Waals surface area contributed by atoms with Gasteiger partial charge in [0.25, 0.3) is 0 Å². The van der Waals surface area contributed by atoms with Crippen LogP contribution in [0, 0.1) is 12.7 Å². The summed E-state index contributed by atoms with van der Waals surface area (Å²) in [7, 11) is 0. The van der Waals surface area contributed by atoms with Crippen LogP contribution in [0.2, 0.25) is 0 Å². The molecule has 0 radical (unpaired) electrons. The Morgan fingerprint density at radius 1 is 1.46 bits per heavy atom. The summed E-state index contributed by atoms with van der Waals surface area (Å²) < 4.78 is 19.9. The summed E-state index contributed by atoms with van der Waals surface area (Å²) in [5.74, 6) is -0.210. The van der Waals surface area contributed by atoms with E-state index in [0.717, 1.165) is 4.88 Å². The van der Waals surface area contributed by atoms with Crippen molar-refractivity contribution in [3.05, 3.63) is 53.0 Å². The van der Waals surface area contributed by atoms with Crippen molar-refractivity contribution >= 4 is 22.4 Å². The van der Waals surface area contributed by atoms with Crippen LogP contribution >= 0.6 is 11.3 Å². The third kappa shape index (κ3) is 4.35. The fraction of sp³-hybridized carbons (Fsp3) is 0.200. The number of anilines is 1. The SMILES string of the molecule is Cc1cnc(NC(=O)Cn2cc(COc3cccc(F)c3)nn2)s1. The highest BCUT2D eigenvalue weighted by Gasteiger charge is 2.09. The van der Waals surface area contributed by atoms with Gasteiger partial charge in [-0.25, -0.2) is 14.1 Å². The number of aryl methyl sites for hydroxylation is 1. The number of benzene rings is 1. The van der Waals surface area contributed by atoms with Crippen LogP contribution in [0.5, 0.6) is 5.75 Å². The third-order valence-corrected chi connectivity index (χ3v) is 3.77. The molecule has 124 valence electrons. The molecule has 24 heavy (non-hydrogen) atoms. The molecule has 3 aromatic rings. The molecule has 0 aliphatic rings. The van der Waals surface area contributed by atoms with E-state index in [0.29, 0.717) is 16.6 Å². The molecule has 0 saturated carbocycles. The molecule has 2 heterocycles. The van der Waals surface area contributed by atoms with Crippen molar-refractivity contribution in [1.82, 2.24) is 20.0 Å². The summed E-state index contributed by atoms with van der Waals surface area (Å²) in [5, 5.41) is 11.0. The Labute approximate surface area is 141 Å². The van der Waals surface area contributed by atoms with Crippen LogP contribution in [-0.4, -0.2) is 25.9 Å². The van der Waals surface area contributed by atoms with Gasteiger partial charge in [-0.2, -0.15) is 0 Å². The van der Waals surface area contributed by atoms with E-state index in [2.05, 4.69) is 20.6 Å². The zero-order valence-corrected chi connectivity index (χ0v) is 13.6. The summed E-state index contributed by atoms with van der Waals surface area (Å²) >= 11 is 1.40. The number of aromatic nitrogens is 4. The van der Waals surface area contributed by atoms with Crippen molar-refractivity contribution in [3.8, 4) is 5.75 Å². The Kier molecular flexibility index (Phi) is 4.80. The van der Waals surface area contributed by atoms with Gasteiger partial charge in [0.2, 0.25) is 5.91 Å². The normalized spacial score (nSPS) is 10.6. The number of halogens is 1. The van der Waals surface area contributed by atoms with Gasteiger partial charge in [0, 0.05) is 17.1 Å². The van der Waals surface area contributed by atoms with Crippen LogP contribution in [0.1, 0.15) is 10.6 Å². The van der Waals surface area contributed by atoms with E-state index in [1.54, 1.807) is 24.5 Å². The lowest BCUT2D eigenvalue weighted by atomic mass is 10.3. The number of hydrogen-bond acceptors (Lipinski definition) is 6. The topological polar surface area (TPSA) is 81.9 Å². The largest absolute Gasteiger partial charge is 0.487 e. The zero-order valence-electron chi connectivity index (χ0n) is 12.8. The fourth-order valence-electron chi connectivity index (χ4n) is 1.91. The number of carbonyl (C=O) groups excluding carboxylic acids is 1. The van der Waals surface area contributed by atoms with Gasteiger partial charge in [-0.3, -0.25) is 4.79 Å². The maximum absolute atomic E-state index is 13.1. The quantitative estimate of drug-likeness (QED) is 0.740. The first kappa shape index (κ1) is 16.1. The average Bonchev–Trinajstić information content (AvgIpc) is 3.14. The van der Waals surface area contributed by atoms with Crippen molar-refractivity contribution in [1.29, 1.82) is 0 Å². The number of hydrogen-bond donors (Lipinski definition) is 1. The van der Waals surface area contributed by atoms with Gasteiger partial charge < -0.3 is 10.1 Å². The maximum atomic E-state index is 13.1. The van der Waals surface area contributed by atoms with Crippen molar-refractivity contribution in [2.75, 3.05) is 5.32 Å². The summed E-state index contributed by atoms with van der Waals surface area (Å²) in [6.07, 6.45) is 3.30. The molecular formula is C15H14FN5O2S. The van der Waals surface area contributed by atoms with E-state index in [9.17, 15) is 9.18 Å². The first-order valence-electron chi connectivity index (χ1n) is 7.08. The predicted octanol–water partition coefficient (Wildman–Crippen LogP) is 2.40. The molecule has 0 spiro atoms. The molecule has 1 N–H and O–H groups in total. The summed E-state index contributed by atoms with van der Waals surface area (Å²) in [6.45, 7) is 2.07. The number of nitrogens with zero attached hydrogens (tertiary/aromatic N) is 4. The maximum Gasteiger partial charge on any atom is 0.247 e. The standard InChI is InChI=1S/C15H14FN5O2S/c1-10-6-17-15(24-10)18-14(22)8-21-7-12(19-20-21)9-23-13-4-2-3-11(16)5-13/h2-7H,8-9H2,1H3,(H,17,18,22). The van der Waals surface area contributed by atoms with Crippen LogP contribution in [0.25, 0.3) is 0 Å². The van der Waals surface area contributed by atoms with Crippen LogP contribution in [0.4, 0.5) is 9.52 Å². The lowest BCUT2D eigenvalue weighted by Crippen LogP contribution is -2.19. The van der Waals surface area contributed by atoms with Gasteiger partial charge in [-0.15, -0.1) is 16.4 Å². The van der Waals surface area contributed by atoms with E-state index < -0.39 is 0 Å². The van der Waals surface area contributed by atoms with Crippen LogP contribution in [-0.2, 0) is 17.9 Å². The Morgan fingerprint density at radius 3 is 3.08 bits per heavy atom. The number of nitrogens with one attached hydrogen (secondary N) is 1. The molecule has 1 amide bonds. The zero-order chi connectivity index (χ0) is 16.9. The molecule has 1 aromatic carbocycles. The minimum atomic E-state index is -0.370. The van der Waals surface area contributed by atoms with Gasteiger partial charge >= 0.3 is 0 Å². The monoisotopic (exact) mass is 347 g/mol. The second kappa shape index (κ2) is 7.18. The van der Waals surface area contributed by atoms with Gasteiger partial charge in [-0.1, -0.05) is 11.3 Å². The van der Waals surface area contributed by atoms with Crippen LogP contribution < -0.4 is 10.1 Å². The minimum Gasteiger partial charge on any atom is -0.487 e. The summed E-state index contributed by atoms with van der Waals surface area (Å²) in [4.78, 5) is 17.0. The van der Waals surface area contributed by atoms with Crippen molar-refractivity contribution in [2.24, 2.45) is 0 Å². The number of thiazole rings is 1. The molecule has 9 heteroatoms. The van der Waals surface area contributed by atoms with Gasteiger partial charge in [0.05, 0.1) is 6.20 Å². The van der Waals surface area contributed by atoms with Crippen molar-refractivity contribution in [3.63, 3.8) is 0 Å². The molecular weight excluding hydrogens is 333 g/mol. The Morgan fingerprint density at radius 2 is 2.33 bits per heavy atom. The molecule has 0 fully saturated rings. The van der Waals surface area contributed by atoms with Crippen molar-refractivity contribution < 1.29 is 13.9 Å². The third-order valence-electron chi connectivity index (χ3n) is 2.94. The molecule has 3 rings (SSSR count). The van der Waals surface area contributed by atoms with Crippen LogP contribution in [0.3, 0.4) is 0 Å². The Balaban J connectivity index is 1.52. The van der Waals surface area contributed by atoms with E-state index in [1.807, 2.05) is 6.92 Å². The molecule has 0 atom stereocenters. The first-order valence-corrected chi connectivity index (χ1v) is 7.90. The highest BCUT2D eigenvalue weighted by atomic mass is 32.1. The van der Waals surface area contributed by atoms with Gasteiger partial charge in [-0.05, 0) is 19.1 Å². The first-order chi connectivity index (χ1) is 11.6. The number of amides is 1. The minimum absolute atomic E-state index is 0.0194. The smallest absolute Gasteiger partial charge is 0.247 e. The molecule has 0 aliphatic heterocycles. The van der Waals surface area contributed by atoms with E-state index >= 15 is 0 Å². The molecule has 2 aromatic heterocycles. The number of ether oxygens (including phenoxy) is 1. The predicted molar refractivity (Wildman–Crippen MR) is 86.2 cm³/mol. The molecule has 0 bridgehead atoms. The highest BCUT2D eigenvalue weighted by molar-refractivity contribution is 7.15. The fourth-order valence-corrected chi connectivity index (χ4v) is 2.60. The average molecular weight is 347 g/mol. The molecule has 7 nitrogen and oxygen atoms in total. The summed E-state index contributed by atoms with van der Waals surface area (Å²) in [5.41, 5.74) is 0.539.